The van der Waals surface area contributed by atoms with E-state index in [2.05, 4.69) is 4.98 Å². The third-order valence-electron chi connectivity index (χ3n) is 5.30. The number of aromatic hydroxyl groups is 1. The first-order chi connectivity index (χ1) is 16.2. The van der Waals surface area contributed by atoms with Gasteiger partial charge in [0, 0.05) is 32.2 Å². The van der Waals surface area contributed by atoms with E-state index in [1.54, 1.807) is 23.6 Å². The summed E-state index contributed by atoms with van der Waals surface area (Å²) in [5.41, 5.74) is 6.33. The van der Waals surface area contributed by atoms with Crippen LogP contribution in [0.2, 0.25) is 0 Å². The Morgan fingerprint density at radius 1 is 0.971 bits per heavy atom. The largest absolute Gasteiger partial charge is 0.508 e. The summed E-state index contributed by atoms with van der Waals surface area (Å²) in [6.45, 7) is 0. The van der Waals surface area contributed by atoms with Crippen molar-refractivity contribution in [1.82, 2.24) is 4.98 Å². The van der Waals surface area contributed by atoms with Crippen molar-refractivity contribution in [3.63, 3.8) is 0 Å². The number of fused-ring (bicyclic) bond motifs is 1. The number of alkyl halides is 3. The number of rotatable bonds is 4. The van der Waals surface area contributed by atoms with Gasteiger partial charge >= 0.3 is 6.18 Å². The lowest BCUT2D eigenvalue weighted by atomic mass is 9.95. The van der Waals surface area contributed by atoms with Crippen LogP contribution in [-0.2, 0) is 6.18 Å². The maximum Gasteiger partial charge on any atom is 0.417 e. The highest BCUT2D eigenvalue weighted by molar-refractivity contribution is 7.21. The Morgan fingerprint density at radius 2 is 1.68 bits per heavy atom. The fraction of sp³-hybridized carbons (Fsp3) is 0.0400. The number of nitrogens with zero attached hydrogens (tertiary/aromatic N) is 1. The standard InChI is InChI=1S/C25H15F3N2O2S2/c26-25(27,28)18-4-2-1-3-16(18)22(32)23-21(17-10-9-15(31)11-19(17)34-23)13-5-7-14(8-6-13)24-30-20(29)12-33-24/h1-12,31H,29H2. The van der Waals surface area contributed by atoms with E-state index in [-0.39, 0.29) is 10.6 Å². The molecule has 0 aliphatic rings. The number of ketones is 1. The average Bonchev–Trinajstić information content (AvgIpc) is 3.41. The van der Waals surface area contributed by atoms with Crippen LogP contribution in [0.4, 0.5) is 19.0 Å². The van der Waals surface area contributed by atoms with Crippen molar-refractivity contribution in [2.75, 3.05) is 5.73 Å². The third-order valence-corrected chi connectivity index (χ3v) is 7.36. The molecule has 2 aromatic heterocycles. The van der Waals surface area contributed by atoms with E-state index >= 15 is 0 Å². The molecule has 0 amide bonds. The molecule has 3 N–H and O–H groups in total. The number of carbonyl (C=O) groups is 1. The Morgan fingerprint density at radius 3 is 2.35 bits per heavy atom. The minimum Gasteiger partial charge on any atom is -0.508 e. The lowest BCUT2D eigenvalue weighted by Gasteiger charge is -2.12. The number of nitrogen functional groups attached to an aromatic ring is 1. The number of hydrogen-bond donors (Lipinski definition) is 2. The third kappa shape index (κ3) is 3.93. The zero-order valence-electron chi connectivity index (χ0n) is 17.3. The zero-order chi connectivity index (χ0) is 24.0. The summed E-state index contributed by atoms with van der Waals surface area (Å²) in [5.74, 6) is -0.295. The van der Waals surface area contributed by atoms with E-state index in [0.717, 1.165) is 28.0 Å². The van der Waals surface area contributed by atoms with Gasteiger partial charge in [-0.1, -0.05) is 42.5 Å². The van der Waals surface area contributed by atoms with E-state index in [0.29, 0.717) is 27.0 Å². The molecule has 170 valence electrons. The Bertz CT molecular complexity index is 1540. The summed E-state index contributed by atoms with van der Waals surface area (Å²) >= 11 is 2.45. The number of hydrogen-bond acceptors (Lipinski definition) is 6. The van der Waals surface area contributed by atoms with Gasteiger partial charge in [-0.25, -0.2) is 4.98 Å². The van der Waals surface area contributed by atoms with Crippen molar-refractivity contribution in [2.24, 2.45) is 0 Å². The molecular formula is C25H15F3N2O2S2. The molecule has 5 aromatic rings. The monoisotopic (exact) mass is 496 g/mol. The Kier molecular flexibility index (Phi) is 5.38. The number of halogens is 3. The molecule has 34 heavy (non-hydrogen) atoms. The van der Waals surface area contributed by atoms with E-state index < -0.39 is 23.1 Å². The molecule has 0 fully saturated rings. The van der Waals surface area contributed by atoms with Crippen molar-refractivity contribution >= 4 is 44.4 Å². The van der Waals surface area contributed by atoms with Gasteiger partial charge in [0.05, 0.1) is 10.4 Å². The van der Waals surface area contributed by atoms with Gasteiger partial charge in [-0.05, 0) is 29.8 Å². The van der Waals surface area contributed by atoms with Crippen molar-refractivity contribution in [3.8, 4) is 27.4 Å². The van der Waals surface area contributed by atoms with Gasteiger partial charge in [-0.3, -0.25) is 4.79 Å². The van der Waals surface area contributed by atoms with Crippen LogP contribution in [0.15, 0.2) is 72.1 Å². The number of aromatic nitrogens is 1. The van der Waals surface area contributed by atoms with Crippen molar-refractivity contribution in [3.05, 3.63) is 88.1 Å². The highest BCUT2D eigenvalue weighted by Crippen LogP contribution is 2.43. The molecule has 0 spiro atoms. The molecule has 9 heteroatoms. The summed E-state index contributed by atoms with van der Waals surface area (Å²) in [4.78, 5) is 17.9. The highest BCUT2D eigenvalue weighted by atomic mass is 32.1. The number of phenolic OH excluding ortho intramolecular Hbond substituents is 1. The van der Waals surface area contributed by atoms with E-state index in [1.807, 2.05) is 12.1 Å². The fourth-order valence-electron chi connectivity index (χ4n) is 3.78. The molecule has 0 radical (unpaired) electrons. The predicted octanol–water partition coefficient (Wildman–Crippen LogP) is 7.23. The minimum absolute atomic E-state index is 0.00620. The zero-order valence-corrected chi connectivity index (χ0v) is 18.9. The average molecular weight is 497 g/mol. The normalized spacial score (nSPS) is 11.7. The van der Waals surface area contributed by atoms with Gasteiger partial charge in [0.2, 0.25) is 5.78 Å². The minimum atomic E-state index is -4.67. The highest BCUT2D eigenvalue weighted by Gasteiger charge is 2.36. The van der Waals surface area contributed by atoms with Crippen molar-refractivity contribution in [2.45, 2.75) is 6.18 Å². The Balaban J connectivity index is 1.68. The number of benzene rings is 3. The molecule has 0 aliphatic heterocycles. The lowest BCUT2D eigenvalue weighted by Crippen LogP contribution is -2.13. The van der Waals surface area contributed by atoms with Crippen LogP contribution in [0.3, 0.4) is 0 Å². The van der Waals surface area contributed by atoms with Gasteiger partial charge in [-0.15, -0.1) is 22.7 Å². The number of nitrogens with two attached hydrogens (primary N) is 1. The van der Waals surface area contributed by atoms with Gasteiger partial charge < -0.3 is 10.8 Å². The Labute approximate surface area is 199 Å². The van der Waals surface area contributed by atoms with Crippen molar-refractivity contribution in [1.29, 1.82) is 0 Å². The lowest BCUT2D eigenvalue weighted by molar-refractivity contribution is -0.137. The predicted molar refractivity (Wildman–Crippen MR) is 129 cm³/mol. The molecule has 4 nitrogen and oxygen atoms in total. The molecule has 0 saturated heterocycles. The maximum absolute atomic E-state index is 13.6. The second kappa shape index (κ2) is 8.27. The van der Waals surface area contributed by atoms with Crippen LogP contribution in [0.5, 0.6) is 5.75 Å². The molecule has 0 unspecified atom stereocenters. The first-order valence-electron chi connectivity index (χ1n) is 10.0. The topological polar surface area (TPSA) is 76.2 Å². The molecular weight excluding hydrogens is 481 g/mol. The Hall–Kier alpha value is -3.69. The van der Waals surface area contributed by atoms with Crippen LogP contribution in [0.1, 0.15) is 20.8 Å². The SMILES string of the molecule is Nc1csc(-c2ccc(-c3c(C(=O)c4ccccc4C(F)(F)F)sc4cc(O)ccc34)cc2)n1. The summed E-state index contributed by atoms with van der Waals surface area (Å²) in [5, 5.41) is 13.1. The summed E-state index contributed by atoms with van der Waals surface area (Å²) in [6, 6.07) is 16.7. The molecule has 5 rings (SSSR count). The summed E-state index contributed by atoms with van der Waals surface area (Å²) in [7, 11) is 0. The van der Waals surface area contributed by atoms with Crippen LogP contribution >= 0.6 is 22.7 Å². The molecule has 0 bridgehead atoms. The molecule has 0 aliphatic carbocycles. The van der Waals surface area contributed by atoms with Gasteiger partial charge in [0.1, 0.15) is 16.6 Å². The van der Waals surface area contributed by atoms with Crippen LogP contribution in [0.25, 0.3) is 31.8 Å². The van der Waals surface area contributed by atoms with Gasteiger partial charge in [0.15, 0.2) is 0 Å². The van der Waals surface area contributed by atoms with Crippen molar-refractivity contribution < 1.29 is 23.1 Å². The second-order valence-corrected chi connectivity index (χ2v) is 9.42. The van der Waals surface area contributed by atoms with E-state index in [9.17, 15) is 23.1 Å². The van der Waals surface area contributed by atoms with Crippen LogP contribution in [0, 0.1) is 0 Å². The summed E-state index contributed by atoms with van der Waals surface area (Å²) in [6.07, 6.45) is -4.67. The van der Waals surface area contributed by atoms with E-state index in [1.165, 1.54) is 41.7 Å². The number of carbonyl (C=O) groups excluding carboxylic acids is 1. The number of phenols is 1. The second-order valence-electron chi connectivity index (χ2n) is 7.51. The first kappa shape index (κ1) is 22.1. The smallest absolute Gasteiger partial charge is 0.417 e. The first-order valence-corrected chi connectivity index (χ1v) is 11.7. The molecule has 3 aromatic carbocycles. The molecule has 0 atom stereocenters. The van der Waals surface area contributed by atoms with Gasteiger partial charge in [-0.2, -0.15) is 13.2 Å². The number of thiophene rings is 1. The molecule has 0 saturated carbocycles. The summed E-state index contributed by atoms with van der Waals surface area (Å²) < 4.78 is 41.4. The van der Waals surface area contributed by atoms with Crippen LogP contribution < -0.4 is 5.73 Å². The van der Waals surface area contributed by atoms with Crippen LogP contribution in [-0.4, -0.2) is 15.9 Å². The molecule has 2 heterocycles. The number of anilines is 1. The van der Waals surface area contributed by atoms with Gasteiger partial charge in [0.25, 0.3) is 0 Å². The number of thiazole rings is 1. The fourth-order valence-corrected chi connectivity index (χ4v) is 5.71. The van der Waals surface area contributed by atoms with E-state index in [4.69, 9.17) is 5.73 Å². The maximum atomic E-state index is 13.6. The quantitative estimate of drug-likeness (QED) is 0.257.